The molecule has 28 heavy (non-hydrogen) atoms. The zero-order valence-corrected chi connectivity index (χ0v) is 15.7. The number of hydrogen-bond acceptors (Lipinski definition) is 5. The second-order valence-corrected chi connectivity index (χ2v) is 7.05. The molecule has 1 fully saturated rings. The fraction of sp³-hybridized carbons (Fsp3) is 0.333. The second-order valence-electron chi connectivity index (χ2n) is 7.05. The maximum Gasteiger partial charge on any atom is 0.225 e. The van der Waals surface area contributed by atoms with Crippen molar-refractivity contribution < 1.29 is 9.69 Å². The average Bonchev–Trinajstić information content (AvgIpc) is 3.12. The molecule has 0 radical (unpaired) electrons. The Morgan fingerprint density at radius 3 is 2.64 bits per heavy atom. The van der Waals surface area contributed by atoms with Crippen LogP contribution < -0.4 is 9.80 Å². The van der Waals surface area contributed by atoms with Gasteiger partial charge in [0.15, 0.2) is 0 Å². The number of hydrogen-bond donors (Lipinski definition) is 1. The van der Waals surface area contributed by atoms with Crippen molar-refractivity contribution >= 4 is 22.6 Å². The molecule has 0 unspecified atom stereocenters. The summed E-state index contributed by atoms with van der Waals surface area (Å²) in [6.45, 7) is 4.55. The second kappa shape index (κ2) is 8.19. The van der Waals surface area contributed by atoms with Crippen molar-refractivity contribution in [1.29, 1.82) is 5.26 Å². The Balaban J connectivity index is 1.44. The number of fused-ring (bicyclic) bond motifs is 1. The molecule has 1 N–H and O–H groups in total. The lowest BCUT2D eigenvalue weighted by molar-refractivity contribution is -0.892. The summed E-state index contributed by atoms with van der Waals surface area (Å²) in [6, 6.07) is 11.9. The smallest absolute Gasteiger partial charge is 0.225 e. The van der Waals surface area contributed by atoms with E-state index in [0.29, 0.717) is 19.5 Å². The summed E-state index contributed by atoms with van der Waals surface area (Å²) in [5, 5.41) is 9.86. The van der Waals surface area contributed by atoms with Gasteiger partial charge < -0.3 is 14.4 Å². The molecular weight excluding hydrogens is 352 g/mol. The molecule has 142 valence electrons. The summed E-state index contributed by atoms with van der Waals surface area (Å²) < 4.78 is 2.02. The van der Waals surface area contributed by atoms with Gasteiger partial charge in [-0.1, -0.05) is 18.2 Å². The number of aromatic nitrogens is 3. The zero-order valence-electron chi connectivity index (χ0n) is 15.7. The number of quaternary nitrogens is 1. The van der Waals surface area contributed by atoms with Gasteiger partial charge in [-0.25, -0.2) is 9.97 Å². The van der Waals surface area contributed by atoms with E-state index in [1.165, 1.54) is 4.90 Å². The number of Topliss-reactive ketones (excluding diaryl/α,β-unsaturated/α-hetero) is 1. The summed E-state index contributed by atoms with van der Waals surface area (Å²) in [5.74, 6) is 0.916. The Kier molecular flexibility index (Phi) is 5.31. The number of anilines is 1. The molecule has 0 atom stereocenters. The first-order chi connectivity index (χ1) is 13.8. The van der Waals surface area contributed by atoms with Gasteiger partial charge in [0.05, 0.1) is 38.7 Å². The van der Waals surface area contributed by atoms with E-state index in [1.807, 2.05) is 41.1 Å². The number of aryl methyl sites for hydroxylation is 1. The molecule has 0 saturated carbocycles. The molecule has 1 saturated heterocycles. The molecule has 0 aliphatic carbocycles. The van der Waals surface area contributed by atoms with Gasteiger partial charge in [0.2, 0.25) is 11.7 Å². The van der Waals surface area contributed by atoms with Gasteiger partial charge in [0.1, 0.15) is 6.54 Å². The van der Waals surface area contributed by atoms with E-state index in [1.54, 1.807) is 12.4 Å². The van der Waals surface area contributed by atoms with Gasteiger partial charge in [-0.15, -0.1) is 0 Å². The van der Waals surface area contributed by atoms with E-state index in [9.17, 15) is 4.79 Å². The normalized spacial score (nSPS) is 14.9. The fourth-order valence-corrected chi connectivity index (χ4v) is 3.80. The molecular formula is C21H23N6O+. The minimum atomic E-state index is 0.159. The molecule has 3 aromatic rings. The molecule has 3 heterocycles. The van der Waals surface area contributed by atoms with Gasteiger partial charge >= 0.3 is 0 Å². The van der Waals surface area contributed by atoms with Crippen molar-refractivity contribution in [2.45, 2.75) is 13.0 Å². The minimum Gasteiger partial charge on any atom is -0.346 e. The molecule has 4 rings (SSSR count). The van der Waals surface area contributed by atoms with Crippen molar-refractivity contribution in [1.82, 2.24) is 14.5 Å². The average molecular weight is 375 g/mol. The maximum absolute atomic E-state index is 13.0. The van der Waals surface area contributed by atoms with Crippen LogP contribution in [0.25, 0.3) is 10.9 Å². The van der Waals surface area contributed by atoms with E-state index in [0.717, 1.165) is 48.6 Å². The summed E-state index contributed by atoms with van der Waals surface area (Å²) in [7, 11) is 0. The van der Waals surface area contributed by atoms with Gasteiger partial charge in [0, 0.05) is 41.6 Å². The number of piperazine rings is 1. The Labute approximate surface area is 163 Å². The molecule has 0 amide bonds. The molecule has 7 heteroatoms. The van der Waals surface area contributed by atoms with Crippen molar-refractivity contribution in [3.05, 3.63) is 54.5 Å². The third-order valence-electron chi connectivity index (χ3n) is 5.27. The molecule has 1 aromatic carbocycles. The molecule has 1 aliphatic rings. The maximum atomic E-state index is 13.0. The van der Waals surface area contributed by atoms with Crippen LogP contribution >= 0.6 is 0 Å². The topological polar surface area (TPSA) is 79.2 Å². The van der Waals surface area contributed by atoms with Gasteiger partial charge in [-0.3, -0.25) is 4.79 Å². The number of benzene rings is 1. The minimum absolute atomic E-state index is 0.159. The number of ketones is 1. The highest BCUT2D eigenvalue weighted by molar-refractivity contribution is 6.08. The number of para-hydroxylation sites is 1. The van der Waals surface area contributed by atoms with Crippen LogP contribution in [0.5, 0.6) is 0 Å². The lowest BCUT2D eigenvalue weighted by Gasteiger charge is -2.31. The van der Waals surface area contributed by atoms with E-state index in [2.05, 4.69) is 20.9 Å². The Bertz CT molecular complexity index is 999. The Morgan fingerprint density at radius 1 is 1.14 bits per heavy atom. The summed E-state index contributed by atoms with van der Waals surface area (Å²) in [5.41, 5.74) is 1.78. The molecule has 0 spiro atoms. The summed E-state index contributed by atoms with van der Waals surface area (Å²) in [4.78, 5) is 25.1. The number of nitrogens with zero attached hydrogens (tertiary/aromatic N) is 5. The van der Waals surface area contributed by atoms with Gasteiger partial charge in [-0.05, 0) is 12.1 Å². The first-order valence-electron chi connectivity index (χ1n) is 9.60. The number of nitriles is 1. The van der Waals surface area contributed by atoms with E-state index in [-0.39, 0.29) is 5.78 Å². The third-order valence-corrected chi connectivity index (χ3v) is 5.27. The van der Waals surface area contributed by atoms with Crippen molar-refractivity contribution in [3.63, 3.8) is 0 Å². The highest BCUT2D eigenvalue weighted by atomic mass is 16.1. The number of carbonyl (C=O) groups is 1. The summed E-state index contributed by atoms with van der Waals surface area (Å²) in [6.07, 6.45) is 5.86. The first kappa shape index (κ1) is 18.1. The van der Waals surface area contributed by atoms with Crippen LogP contribution in [-0.4, -0.2) is 53.0 Å². The highest BCUT2D eigenvalue weighted by Crippen LogP contribution is 2.22. The van der Waals surface area contributed by atoms with E-state index in [4.69, 9.17) is 5.26 Å². The summed E-state index contributed by atoms with van der Waals surface area (Å²) >= 11 is 0. The predicted octanol–water partition coefficient (Wildman–Crippen LogP) is 0.933. The van der Waals surface area contributed by atoms with E-state index >= 15 is 0 Å². The first-order valence-corrected chi connectivity index (χ1v) is 9.60. The number of carbonyl (C=O) groups excluding carboxylic acids is 1. The molecule has 1 aliphatic heterocycles. The van der Waals surface area contributed by atoms with Crippen molar-refractivity contribution in [2.75, 3.05) is 37.6 Å². The molecule has 7 nitrogen and oxygen atoms in total. The number of rotatable bonds is 6. The number of nitrogens with one attached hydrogen (secondary N) is 1. The third kappa shape index (κ3) is 3.73. The van der Waals surface area contributed by atoms with Crippen LogP contribution in [0.1, 0.15) is 16.8 Å². The largest absolute Gasteiger partial charge is 0.346 e. The van der Waals surface area contributed by atoms with Crippen LogP contribution in [0, 0.1) is 11.3 Å². The van der Waals surface area contributed by atoms with Crippen LogP contribution in [0.2, 0.25) is 0 Å². The molecule has 2 aromatic heterocycles. The van der Waals surface area contributed by atoms with E-state index < -0.39 is 0 Å². The van der Waals surface area contributed by atoms with Crippen molar-refractivity contribution in [2.24, 2.45) is 0 Å². The predicted molar refractivity (Wildman–Crippen MR) is 106 cm³/mol. The van der Waals surface area contributed by atoms with Crippen LogP contribution in [0.3, 0.4) is 0 Å². The highest BCUT2D eigenvalue weighted by Gasteiger charge is 2.25. The van der Waals surface area contributed by atoms with Crippen molar-refractivity contribution in [3.8, 4) is 6.07 Å². The van der Waals surface area contributed by atoms with Gasteiger partial charge in [0.25, 0.3) is 0 Å². The lowest BCUT2D eigenvalue weighted by Crippen LogP contribution is -3.15. The van der Waals surface area contributed by atoms with Crippen LogP contribution in [0.15, 0.2) is 48.9 Å². The standard InChI is InChI=1S/C21H22N6O/c22-7-3-10-27-15-18(17-5-1-2-6-19(17)27)20(28)16-25-11-13-26(14-12-25)21-23-8-4-9-24-21/h1-2,4-6,8-9,15H,3,10-14,16H2/p+1. The lowest BCUT2D eigenvalue weighted by atomic mass is 10.1. The van der Waals surface area contributed by atoms with Crippen LogP contribution in [0.4, 0.5) is 5.95 Å². The van der Waals surface area contributed by atoms with Gasteiger partial charge in [-0.2, -0.15) is 5.26 Å². The SMILES string of the molecule is N#CCCn1cc(C(=O)C[NH+]2CCN(c3ncccn3)CC2)c2ccccc21. The monoisotopic (exact) mass is 375 g/mol. The Hall–Kier alpha value is -3.24. The fourth-order valence-electron chi connectivity index (χ4n) is 3.80. The molecule has 0 bridgehead atoms. The zero-order chi connectivity index (χ0) is 19.3. The van der Waals surface area contributed by atoms with Crippen LogP contribution in [-0.2, 0) is 6.54 Å². The Morgan fingerprint density at radius 2 is 1.89 bits per heavy atom. The quantitative estimate of drug-likeness (QED) is 0.649.